The fourth-order valence-electron chi connectivity index (χ4n) is 5.52. The molecule has 1 aromatic rings. The van der Waals surface area contributed by atoms with Crippen molar-refractivity contribution in [2.24, 2.45) is 11.8 Å². The van der Waals surface area contributed by atoms with Crippen molar-refractivity contribution in [3.8, 4) is 5.75 Å². The van der Waals surface area contributed by atoms with Crippen LogP contribution in [0.15, 0.2) is 18.2 Å². The number of carbonyl (C=O) groups is 2. The van der Waals surface area contributed by atoms with E-state index in [9.17, 15) is 22.8 Å². The summed E-state index contributed by atoms with van der Waals surface area (Å²) < 4.78 is 51.3. The predicted octanol–water partition coefficient (Wildman–Crippen LogP) is 4.00. The van der Waals surface area contributed by atoms with Gasteiger partial charge in [0.05, 0.1) is 11.6 Å². The molecule has 1 aliphatic carbocycles. The van der Waals surface area contributed by atoms with Crippen LogP contribution in [0.2, 0.25) is 0 Å². The quantitative estimate of drug-likeness (QED) is 0.500. The molecule has 0 unspecified atom stereocenters. The third kappa shape index (κ3) is 5.86. The highest BCUT2D eigenvalue weighted by molar-refractivity contribution is 5.99. The molecule has 2 aliphatic heterocycles. The number of halogens is 3. The van der Waals surface area contributed by atoms with E-state index in [2.05, 4.69) is 10.6 Å². The van der Waals surface area contributed by atoms with E-state index >= 15 is 0 Å². The number of hydrogen-bond acceptors (Lipinski definition) is 5. The molecule has 4 atom stereocenters. The first kappa shape index (κ1) is 27.2. The number of alkyl halides is 3. The summed E-state index contributed by atoms with van der Waals surface area (Å²) in [7, 11) is 1.55. The van der Waals surface area contributed by atoms with E-state index in [4.69, 9.17) is 14.9 Å². The summed E-state index contributed by atoms with van der Waals surface area (Å²) in [5, 5.41) is 14.5. The van der Waals surface area contributed by atoms with Gasteiger partial charge >= 0.3 is 6.18 Å². The van der Waals surface area contributed by atoms with Crippen molar-refractivity contribution >= 4 is 17.8 Å². The second-order valence-electron chi connectivity index (χ2n) is 11.5. The first-order valence-electron chi connectivity index (χ1n) is 12.5. The largest absolute Gasteiger partial charge is 0.487 e. The number of nitrogens with one attached hydrogen (secondary N) is 3. The Morgan fingerprint density at radius 3 is 2.65 bits per heavy atom. The summed E-state index contributed by atoms with van der Waals surface area (Å²) in [5.74, 6) is -0.730. The van der Waals surface area contributed by atoms with Gasteiger partial charge in [0.25, 0.3) is 0 Å². The van der Waals surface area contributed by atoms with Crippen LogP contribution in [-0.4, -0.2) is 53.6 Å². The number of methoxy groups -OCH3 is 1. The van der Waals surface area contributed by atoms with Gasteiger partial charge in [-0.3, -0.25) is 19.9 Å². The Kier molecular flexibility index (Phi) is 6.98. The van der Waals surface area contributed by atoms with E-state index in [0.29, 0.717) is 37.2 Å². The summed E-state index contributed by atoms with van der Waals surface area (Å²) in [6.07, 6.45) is -3.00. The highest BCUT2D eigenvalue weighted by atomic mass is 19.4. The van der Waals surface area contributed by atoms with Gasteiger partial charge in [-0.2, -0.15) is 13.2 Å². The molecule has 0 bridgehead atoms. The maximum atomic E-state index is 13.4. The van der Waals surface area contributed by atoms with E-state index in [0.717, 1.165) is 12.1 Å². The zero-order valence-electron chi connectivity index (χ0n) is 21.8. The number of rotatable bonds is 7. The fourth-order valence-corrected chi connectivity index (χ4v) is 5.52. The number of carbonyl (C=O) groups excluding carboxylic acids is 2. The average molecular weight is 525 g/mol. The molecule has 0 radical (unpaired) electrons. The molecule has 3 N–H and O–H groups in total. The van der Waals surface area contributed by atoms with E-state index in [1.165, 1.54) is 11.0 Å². The summed E-state index contributed by atoms with van der Waals surface area (Å²) in [6.45, 7) is 7.72. The molecule has 2 amide bonds. The minimum Gasteiger partial charge on any atom is -0.487 e. The normalized spacial score (nSPS) is 27.0. The summed E-state index contributed by atoms with van der Waals surface area (Å²) in [4.78, 5) is 27.7. The van der Waals surface area contributed by atoms with Crippen LogP contribution in [-0.2, 0) is 20.5 Å². The standard InChI is InChI=1S/C26H35F3N4O4/c1-24(2)13-21(34)33(23(30)32-24)19(8-9-36-5)15-11-16(15)22(35)31-18-12-25(3,4)37-20-7-6-14(10-17(18)20)26(27,28)29/h6-7,10,15-16,18-19H,8-9,11-13H2,1-5H3,(H2,30,32)(H,31,35)/t15-,16-,18-,19-/m1/s1. The van der Waals surface area contributed by atoms with Crippen molar-refractivity contribution in [3.05, 3.63) is 29.3 Å². The van der Waals surface area contributed by atoms with Crippen molar-refractivity contribution in [2.75, 3.05) is 13.7 Å². The van der Waals surface area contributed by atoms with Gasteiger partial charge in [0.1, 0.15) is 11.4 Å². The van der Waals surface area contributed by atoms with E-state index in [1.54, 1.807) is 7.11 Å². The number of hydrogen-bond donors (Lipinski definition) is 3. The van der Waals surface area contributed by atoms with E-state index < -0.39 is 40.9 Å². The van der Waals surface area contributed by atoms with Gasteiger partial charge in [0.2, 0.25) is 11.8 Å². The minimum absolute atomic E-state index is 0.00759. The summed E-state index contributed by atoms with van der Waals surface area (Å²) >= 11 is 0. The number of benzene rings is 1. The zero-order valence-corrected chi connectivity index (χ0v) is 21.8. The van der Waals surface area contributed by atoms with Crippen molar-refractivity contribution < 1.29 is 32.2 Å². The lowest BCUT2D eigenvalue weighted by atomic mass is 9.88. The third-order valence-corrected chi connectivity index (χ3v) is 7.29. The first-order valence-corrected chi connectivity index (χ1v) is 12.5. The van der Waals surface area contributed by atoms with Crippen LogP contribution in [0.4, 0.5) is 13.2 Å². The van der Waals surface area contributed by atoms with Gasteiger partial charge in [-0.15, -0.1) is 0 Å². The molecule has 1 aromatic carbocycles. The van der Waals surface area contributed by atoms with Crippen LogP contribution >= 0.6 is 0 Å². The molecule has 3 aliphatic rings. The van der Waals surface area contributed by atoms with Crippen LogP contribution in [0.1, 0.15) is 70.5 Å². The molecule has 1 saturated heterocycles. The van der Waals surface area contributed by atoms with Crippen LogP contribution in [0.5, 0.6) is 5.75 Å². The van der Waals surface area contributed by atoms with Crippen LogP contribution < -0.4 is 15.4 Å². The summed E-state index contributed by atoms with van der Waals surface area (Å²) in [5.41, 5.74) is -1.71. The second-order valence-corrected chi connectivity index (χ2v) is 11.5. The topological polar surface area (TPSA) is 104 Å². The van der Waals surface area contributed by atoms with Gasteiger partial charge in [0.15, 0.2) is 5.96 Å². The fraction of sp³-hybridized carbons (Fsp3) is 0.654. The van der Waals surface area contributed by atoms with Gasteiger partial charge < -0.3 is 20.1 Å². The Balaban J connectivity index is 1.52. The molecule has 8 nitrogen and oxygen atoms in total. The molecule has 0 aromatic heterocycles. The lowest BCUT2D eigenvalue weighted by Gasteiger charge is -2.42. The van der Waals surface area contributed by atoms with Crippen LogP contribution in [0, 0.1) is 17.2 Å². The Labute approximate surface area is 214 Å². The molecular weight excluding hydrogens is 489 g/mol. The number of ether oxygens (including phenoxy) is 2. The molecule has 11 heteroatoms. The maximum absolute atomic E-state index is 13.4. The Morgan fingerprint density at radius 1 is 1.32 bits per heavy atom. The smallest absolute Gasteiger partial charge is 0.416 e. The highest BCUT2D eigenvalue weighted by Crippen LogP contribution is 2.47. The lowest BCUT2D eigenvalue weighted by Crippen LogP contribution is -2.63. The van der Waals surface area contributed by atoms with Gasteiger partial charge in [-0.05, 0) is 64.7 Å². The maximum Gasteiger partial charge on any atom is 0.416 e. The van der Waals surface area contributed by atoms with E-state index in [-0.39, 0.29) is 30.1 Å². The van der Waals surface area contributed by atoms with Crippen molar-refractivity contribution in [1.82, 2.24) is 15.5 Å². The predicted molar refractivity (Wildman–Crippen MR) is 130 cm³/mol. The molecular formula is C26H35F3N4O4. The van der Waals surface area contributed by atoms with E-state index in [1.807, 2.05) is 27.7 Å². The van der Waals surface area contributed by atoms with Gasteiger partial charge in [0, 0.05) is 49.6 Å². The Hall–Kier alpha value is -2.82. The van der Waals surface area contributed by atoms with Gasteiger partial charge in [-0.1, -0.05) is 0 Å². The SMILES string of the molecule is COCC[C@H]([C@@H]1C[C@H]1C(=O)N[C@@H]1CC(C)(C)Oc2ccc(C(F)(F)F)cc21)N1C(=N)NC(C)(C)CC1=O. The first-order chi connectivity index (χ1) is 17.1. The van der Waals surface area contributed by atoms with Crippen molar-refractivity contribution in [3.63, 3.8) is 0 Å². The number of amides is 2. The molecule has 1 saturated carbocycles. The number of fused-ring (bicyclic) bond motifs is 1. The molecule has 37 heavy (non-hydrogen) atoms. The minimum atomic E-state index is -4.51. The zero-order chi connectivity index (χ0) is 27.3. The van der Waals surface area contributed by atoms with Gasteiger partial charge in [-0.25, -0.2) is 0 Å². The second kappa shape index (κ2) is 9.49. The molecule has 204 valence electrons. The van der Waals surface area contributed by atoms with Crippen molar-refractivity contribution in [1.29, 1.82) is 5.41 Å². The molecule has 0 spiro atoms. The number of nitrogens with zero attached hydrogens (tertiary/aromatic N) is 1. The lowest BCUT2D eigenvalue weighted by molar-refractivity contribution is -0.137. The average Bonchev–Trinajstić information content (AvgIpc) is 3.54. The summed E-state index contributed by atoms with van der Waals surface area (Å²) in [6, 6.07) is 2.29. The highest BCUT2D eigenvalue weighted by Gasteiger charge is 2.53. The van der Waals surface area contributed by atoms with Crippen molar-refractivity contribution in [2.45, 2.75) is 82.8 Å². The molecule has 2 heterocycles. The Morgan fingerprint density at radius 2 is 2.03 bits per heavy atom. The van der Waals surface area contributed by atoms with Crippen LogP contribution in [0.25, 0.3) is 0 Å². The molecule has 4 rings (SSSR count). The number of guanidine groups is 1. The van der Waals surface area contributed by atoms with Crippen LogP contribution in [0.3, 0.4) is 0 Å². The third-order valence-electron chi connectivity index (χ3n) is 7.29. The monoisotopic (exact) mass is 524 g/mol. The molecule has 2 fully saturated rings. The Bertz CT molecular complexity index is 1070.